The Morgan fingerprint density at radius 3 is 2.94 bits per heavy atom. The van der Waals surface area contributed by atoms with Crippen LogP contribution in [-0.4, -0.2) is 20.2 Å². The van der Waals surface area contributed by atoms with Crippen LogP contribution in [0.3, 0.4) is 0 Å². The minimum absolute atomic E-state index is 0.149. The molecule has 0 unspecified atom stereocenters. The van der Waals surface area contributed by atoms with E-state index in [9.17, 15) is 5.11 Å². The van der Waals surface area contributed by atoms with Crippen LogP contribution in [0.5, 0.6) is 5.75 Å². The summed E-state index contributed by atoms with van der Waals surface area (Å²) in [5.74, 6) is 0.925. The summed E-state index contributed by atoms with van der Waals surface area (Å²) >= 11 is 1.35. The average Bonchev–Trinajstić information content (AvgIpc) is 2.98. The molecular weight excluding hydrogens is 238 g/mol. The first-order chi connectivity index (χ1) is 8.34. The third-order valence-corrected chi connectivity index (χ3v) is 3.08. The van der Waals surface area contributed by atoms with Gasteiger partial charge in [0.2, 0.25) is 5.82 Å². The van der Waals surface area contributed by atoms with Crippen LogP contribution in [0.4, 0.5) is 0 Å². The van der Waals surface area contributed by atoms with Crippen LogP contribution < -0.4 is 0 Å². The van der Waals surface area contributed by atoms with E-state index < -0.39 is 0 Å². The number of aromatic nitrogens is 3. The van der Waals surface area contributed by atoms with E-state index in [4.69, 9.17) is 4.52 Å². The highest BCUT2D eigenvalue weighted by Gasteiger charge is 2.14. The molecule has 3 aromatic rings. The van der Waals surface area contributed by atoms with Gasteiger partial charge in [0, 0.05) is 18.0 Å². The van der Waals surface area contributed by atoms with E-state index in [1.165, 1.54) is 11.3 Å². The summed E-state index contributed by atoms with van der Waals surface area (Å²) in [6, 6.07) is 5.23. The van der Waals surface area contributed by atoms with Gasteiger partial charge in [0.15, 0.2) is 0 Å². The van der Waals surface area contributed by atoms with Crippen molar-refractivity contribution in [2.24, 2.45) is 0 Å². The normalized spacial score (nSPS) is 10.6. The molecule has 0 fully saturated rings. The van der Waals surface area contributed by atoms with Gasteiger partial charge in [-0.2, -0.15) is 4.98 Å². The molecule has 17 heavy (non-hydrogen) atoms. The van der Waals surface area contributed by atoms with E-state index in [0.29, 0.717) is 16.6 Å². The van der Waals surface area contributed by atoms with Crippen LogP contribution in [0.25, 0.3) is 22.2 Å². The summed E-state index contributed by atoms with van der Waals surface area (Å²) in [4.78, 5) is 8.78. The minimum atomic E-state index is 0.149. The summed E-state index contributed by atoms with van der Waals surface area (Å²) in [5.41, 5.74) is 0.776. The molecule has 6 heteroatoms. The monoisotopic (exact) mass is 245 g/mol. The Morgan fingerprint density at radius 1 is 1.29 bits per heavy atom. The van der Waals surface area contributed by atoms with E-state index in [1.54, 1.807) is 29.9 Å². The Bertz CT molecular complexity index is 633. The van der Waals surface area contributed by atoms with Gasteiger partial charge >= 0.3 is 0 Å². The molecule has 0 saturated heterocycles. The molecule has 1 N–H and O–H groups in total. The molecule has 0 spiro atoms. The van der Waals surface area contributed by atoms with Gasteiger partial charge < -0.3 is 9.63 Å². The third kappa shape index (κ3) is 1.78. The molecule has 5 nitrogen and oxygen atoms in total. The predicted octanol–water partition coefficient (Wildman–Crippen LogP) is 2.57. The largest absolute Gasteiger partial charge is 0.506 e. The quantitative estimate of drug-likeness (QED) is 0.751. The van der Waals surface area contributed by atoms with Crippen LogP contribution in [-0.2, 0) is 0 Å². The van der Waals surface area contributed by atoms with Gasteiger partial charge in [0.25, 0.3) is 5.89 Å². The van der Waals surface area contributed by atoms with E-state index in [2.05, 4.69) is 15.1 Å². The maximum atomic E-state index is 9.55. The first kappa shape index (κ1) is 9.98. The van der Waals surface area contributed by atoms with E-state index in [1.807, 2.05) is 6.07 Å². The molecule has 3 heterocycles. The molecule has 3 aromatic heterocycles. The van der Waals surface area contributed by atoms with Crippen molar-refractivity contribution in [3.05, 3.63) is 36.0 Å². The lowest BCUT2D eigenvalue weighted by Crippen LogP contribution is -1.81. The van der Waals surface area contributed by atoms with Gasteiger partial charge in [-0.1, -0.05) is 5.16 Å². The average molecular weight is 245 g/mol. The van der Waals surface area contributed by atoms with Crippen molar-refractivity contribution in [2.45, 2.75) is 0 Å². The van der Waals surface area contributed by atoms with Crippen molar-refractivity contribution in [3.63, 3.8) is 0 Å². The van der Waals surface area contributed by atoms with Gasteiger partial charge in [-0.15, -0.1) is 11.3 Å². The molecule has 3 rings (SSSR count). The van der Waals surface area contributed by atoms with Gasteiger partial charge in [-0.05, 0) is 23.6 Å². The van der Waals surface area contributed by atoms with Gasteiger partial charge in [0.05, 0.1) is 0 Å². The fraction of sp³-hybridized carbons (Fsp3) is 0. The molecule has 0 aliphatic heterocycles. The van der Waals surface area contributed by atoms with Gasteiger partial charge in [0.1, 0.15) is 10.6 Å². The van der Waals surface area contributed by atoms with Crippen molar-refractivity contribution in [3.8, 4) is 27.9 Å². The van der Waals surface area contributed by atoms with Crippen LogP contribution >= 0.6 is 11.3 Å². The van der Waals surface area contributed by atoms with E-state index in [0.717, 1.165) is 5.56 Å². The van der Waals surface area contributed by atoms with Crippen LogP contribution in [0.1, 0.15) is 0 Å². The number of nitrogens with zero attached hydrogens (tertiary/aromatic N) is 3. The molecule has 0 amide bonds. The highest BCUT2D eigenvalue weighted by atomic mass is 32.1. The summed E-state index contributed by atoms with van der Waals surface area (Å²) in [6.45, 7) is 0. The highest BCUT2D eigenvalue weighted by molar-refractivity contribution is 7.13. The highest BCUT2D eigenvalue weighted by Crippen LogP contribution is 2.34. The van der Waals surface area contributed by atoms with Crippen LogP contribution in [0.2, 0.25) is 0 Å². The SMILES string of the molecule is Oc1ccsc1-c1nc(-c2cccnc2)no1. The number of hydrogen-bond acceptors (Lipinski definition) is 6. The number of aromatic hydroxyl groups is 1. The lowest BCUT2D eigenvalue weighted by molar-refractivity contribution is 0.427. The number of rotatable bonds is 2. The molecule has 0 bridgehead atoms. The maximum Gasteiger partial charge on any atom is 0.272 e. The number of pyridine rings is 1. The fourth-order valence-electron chi connectivity index (χ4n) is 1.39. The smallest absolute Gasteiger partial charge is 0.272 e. The second-order valence-corrected chi connectivity index (χ2v) is 4.22. The zero-order chi connectivity index (χ0) is 11.7. The second kappa shape index (κ2) is 3.99. The topological polar surface area (TPSA) is 72.0 Å². The molecule has 0 aliphatic rings. The standard InChI is InChI=1S/C11H7N3O2S/c15-8-3-5-17-9(8)11-13-10(14-16-11)7-2-1-4-12-6-7/h1-6,15H. The Balaban J connectivity index is 2.02. The summed E-state index contributed by atoms with van der Waals surface area (Å²) in [6.07, 6.45) is 3.33. The minimum Gasteiger partial charge on any atom is -0.506 e. The Morgan fingerprint density at radius 2 is 2.24 bits per heavy atom. The predicted molar refractivity (Wildman–Crippen MR) is 62.5 cm³/mol. The number of thiophene rings is 1. The second-order valence-electron chi connectivity index (χ2n) is 3.30. The molecule has 84 valence electrons. The lowest BCUT2D eigenvalue weighted by atomic mass is 10.3. The Labute approximate surface area is 100 Å². The van der Waals surface area contributed by atoms with Crippen molar-refractivity contribution in [2.75, 3.05) is 0 Å². The summed E-state index contributed by atoms with van der Waals surface area (Å²) < 4.78 is 5.11. The van der Waals surface area contributed by atoms with Crippen molar-refractivity contribution < 1.29 is 9.63 Å². The van der Waals surface area contributed by atoms with E-state index >= 15 is 0 Å². The molecule has 0 saturated carbocycles. The van der Waals surface area contributed by atoms with E-state index in [-0.39, 0.29) is 5.75 Å². The maximum absolute atomic E-state index is 9.55. The zero-order valence-electron chi connectivity index (χ0n) is 8.57. The first-order valence-corrected chi connectivity index (χ1v) is 5.73. The molecule has 0 aromatic carbocycles. The van der Waals surface area contributed by atoms with Crippen molar-refractivity contribution in [1.29, 1.82) is 0 Å². The van der Waals surface area contributed by atoms with Crippen molar-refractivity contribution in [1.82, 2.24) is 15.1 Å². The molecule has 0 radical (unpaired) electrons. The van der Waals surface area contributed by atoms with Crippen molar-refractivity contribution >= 4 is 11.3 Å². The third-order valence-electron chi connectivity index (χ3n) is 2.18. The van der Waals surface area contributed by atoms with Gasteiger partial charge in [-0.3, -0.25) is 4.98 Å². The fourth-order valence-corrected chi connectivity index (χ4v) is 2.10. The summed E-state index contributed by atoms with van der Waals surface area (Å²) in [5, 5.41) is 15.2. The molecule has 0 atom stereocenters. The zero-order valence-corrected chi connectivity index (χ0v) is 9.39. The van der Waals surface area contributed by atoms with Crippen LogP contribution in [0.15, 0.2) is 40.5 Å². The first-order valence-electron chi connectivity index (χ1n) is 4.85. The Kier molecular flexibility index (Phi) is 2.34. The molecule has 0 aliphatic carbocycles. The number of hydrogen-bond donors (Lipinski definition) is 1. The van der Waals surface area contributed by atoms with Gasteiger partial charge in [-0.25, -0.2) is 0 Å². The van der Waals surface area contributed by atoms with Crippen LogP contribution in [0, 0.1) is 0 Å². The summed E-state index contributed by atoms with van der Waals surface area (Å²) in [7, 11) is 0. The Hall–Kier alpha value is -2.21. The molecular formula is C11H7N3O2S. The lowest BCUT2D eigenvalue weighted by Gasteiger charge is -1.90.